The predicted octanol–water partition coefficient (Wildman–Crippen LogP) is 2.19. The lowest BCUT2D eigenvalue weighted by atomic mass is 10.0. The van der Waals surface area contributed by atoms with Crippen LogP contribution in [-0.4, -0.2) is 35.6 Å². The number of rotatable bonds is 5. The first kappa shape index (κ1) is 14.7. The summed E-state index contributed by atoms with van der Waals surface area (Å²) >= 11 is 0. The van der Waals surface area contributed by atoms with Crippen LogP contribution in [0.4, 0.5) is 0 Å². The second kappa shape index (κ2) is 6.55. The summed E-state index contributed by atoms with van der Waals surface area (Å²) in [7, 11) is 1.72. The van der Waals surface area contributed by atoms with Gasteiger partial charge >= 0.3 is 0 Å². The molecule has 0 aliphatic rings. The van der Waals surface area contributed by atoms with E-state index < -0.39 is 6.10 Å². The van der Waals surface area contributed by atoms with Gasteiger partial charge in [0.05, 0.1) is 0 Å². The van der Waals surface area contributed by atoms with Crippen LogP contribution in [-0.2, 0) is 11.2 Å². The van der Waals surface area contributed by atoms with Gasteiger partial charge in [-0.3, -0.25) is 4.79 Å². The van der Waals surface area contributed by atoms with Gasteiger partial charge in [0, 0.05) is 13.6 Å². The van der Waals surface area contributed by atoms with Gasteiger partial charge in [0.1, 0.15) is 6.10 Å². The number of likely N-dealkylation sites (N-methyl/N-ethyl adjacent to an activating group) is 1. The number of aliphatic hydroxyl groups is 1. The van der Waals surface area contributed by atoms with Crippen LogP contribution >= 0.6 is 0 Å². The van der Waals surface area contributed by atoms with Crippen molar-refractivity contribution in [2.45, 2.75) is 39.2 Å². The van der Waals surface area contributed by atoms with Crippen molar-refractivity contribution < 1.29 is 9.90 Å². The van der Waals surface area contributed by atoms with Crippen molar-refractivity contribution in [2.24, 2.45) is 0 Å². The van der Waals surface area contributed by atoms with E-state index in [1.807, 2.05) is 0 Å². The lowest BCUT2D eigenvalue weighted by Gasteiger charge is -2.18. The van der Waals surface area contributed by atoms with Crippen molar-refractivity contribution in [3.63, 3.8) is 0 Å². The van der Waals surface area contributed by atoms with Crippen LogP contribution in [0.3, 0.4) is 0 Å². The quantitative estimate of drug-likeness (QED) is 0.869. The predicted molar refractivity (Wildman–Crippen MR) is 73.6 cm³/mol. The molecule has 0 saturated carbocycles. The molecular formula is C15H23NO2. The zero-order valence-corrected chi connectivity index (χ0v) is 11.7. The summed E-state index contributed by atoms with van der Waals surface area (Å²) in [6.07, 6.45) is -0.105. The van der Waals surface area contributed by atoms with Crippen molar-refractivity contribution in [3.05, 3.63) is 35.4 Å². The Labute approximate surface area is 109 Å². The largest absolute Gasteiger partial charge is 0.384 e. The first-order chi connectivity index (χ1) is 8.41. The third kappa shape index (κ3) is 4.15. The topological polar surface area (TPSA) is 40.5 Å². The van der Waals surface area contributed by atoms with Crippen molar-refractivity contribution in [1.82, 2.24) is 4.90 Å². The van der Waals surface area contributed by atoms with Crippen LogP contribution < -0.4 is 0 Å². The fourth-order valence-electron chi connectivity index (χ4n) is 1.80. The Balaban J connectivity index is 2.51. The lowest BCUT2D eigenvalue weighted by Crippen LogP contribution is -2.35. The average Bonchev–Trinajstić information content (AvgIpc) is 2.35. The molecule has 100 valence electrons. The van der Waals surface area contributed by atoms with E-state index in [-0.39, 0.29) is 5.91 Å². The Kier molecular flexibility index (Phi) is 5.35. The SMILES string of the molecule is CC(O)C(=O)N(C)CCc1ccc(C(C)C)cc1. The standard InChI is InChI=1S/C15H23NO2/c1-11(2)14-7-5-13(6-8-14)9-10-16(4)15(18)12(3)17/h5-8,11-12,17H,9-10H2,1-4H3. The monoisotopic (exact) mass is 249 g/mol. The zero-order chi connectivity index (χ0) is 13.7. The van der Waals surface area contributed by atoms with Crippen LogP contribution in [0, 0.1) is 0 Å². The zero-order valence-electron chi connectivity index (χ0n) is 11.7. The molecule has 0 aromatic heterocycles. The first-order valence-electron chi connectivity index (χ1n) is 6.43. The minimum absolute atomic E-state index is 0.228. The Morgan fingerprint density at radius 3 is 2.22 bits per heavy atom. The molecule has 0 saturated heterocycles. The molecular weight excluding hydrogens is 226 g/mol. The summed E-state index contributed by atoms with van der Waals surface area (Å²) in [6.45, 7) is 6.47. The van der Waals surface area contributed by atoms with Crippen LogP contribution in [0.15, 0.2) is 24.3 Å². The molecule has 0 aliphatic carbocycles. The molecule has 1 rings (SSSR count). The van der Waals surface area contributed by atoms with E-state index in [0.717, 1.165) is 6.42 Å². The molecule has 3 heteroatoms. The Bertz CT molecular complexity index is 382. The number of amides is 1. The number of aliphatic hydroxyl groups excluding tert-OH is 1. The van der Waals surface area contributed by atoms with E-state index in [0.29, 0.717) is 12.5 Å². The van der Waals surface area contributed by atoms with Crippen LogP contribution in [0.2, 0.25) is 0 Å². The molecule has 1 amide bonds. The van der Waals surface area contributed by atoms with Crippen LogP contribution in [0.25, 0.3) is 0 Å². The van der Waals surface area contributed by atoms with Gasteiger partial charge < -0.3 is 10.0 Å². The number of carbonyl (C=O) groups excluding carboxylic acids is 1. The Morgan fingerprint density at radius 1 is 1.22 bits per heavy atom. The molecule has 1 N–H and O–H groups in total. The summed E-state index contributed by atoms with van der Waals surface area (Å²) < 4.78 is 0. The van der Waals surface area contributed by atoms with E-state index >= 15 is 0 Å². The van der Waals surface area contributed by atoms with Crippen LogP contribution in [0.5, 0.6) is 0 Å². The van der Waals surface area contributed by atoms with Gasteiger partial charge in [-0.1, -0.05) is 38.1 Å². The minimum atomic E-state index is -0.918. The van der Waals surface area contributed by atoms with E-state index in [2.05, 4.69) is 38.1 Å². The highest BCUT2D eigenvalue weighted by Crippen LogP contribution is 2.15. The van der Waals surface area contributed by atoms with Crippen molar-refractivity contribution in [2.75, 3.05) is 13.6 Å². The summed E-state index contributed by atoms with van der Waals surface area (Å²) in [5, 5.41) is 9.19. The molecule has 0 heterocycles. The fraction of sp³-hybridized carbons (Fsp3) is 0.533. The highest BCUT2D eigenvalue weighted by atomic mass is 16.3. The summed E-state index contributed by atoms with van der Waals surface area (Å²) in [5.74, 6) is 0.312. The normalized spacial score (nSPS) is 12.6. The van der Waals surface area contributed by atoms with Crippen LogP contribution in [0.1, 0.15) is 37.8 Å². The highest BCUT2D eigenvalue weighted by molar-refractivity contribution is 5.79. The number of carbonyl (C=O) groups is 1. The molecule has 1 unspecified atom stereocenters. The maximum Gasteiger partial charge on any atom is 0.250 e. The molecule has 0 spiro atoms. The van der Waals surface area contributed by atoms with Crippen molar-refractivity contribution >= 4 is 5.91 Å². The number of nitrogens with zero attached hydrogens (tertiary/aromatic N) is 1. The summed E-state index contributed by atoms with van der Waals surface area (Å²) in [5.41, 5.74) is 2.54. The van der Waals surface area contributed by atoms with Gasteiger partial charge in [0.2, 0.25) is 0 Å². The molecule has 0 radical (unpaired) electrons. The maximum atomic E-state index is 11.5. The summed E-state index contributed by atoms with van der Waals surface area (Å²) in [4.78, 5) is 13.1. The number of hydrogen-bond acceptors (Lipinski definition) is 2. The van der Waals surface area contributed by atoms with Crippen molar-refractivity contribution in [1.29, 1.82) is 0 Å². The van der Waals surface area contributed by atoms with Gasteiger partial charge in [0.15, 0.2) is 0 Å². The van der Waals surface area contributed by atoms with Gasteiger partial charge in [-0.15, -0.1) is 0 Å². The summed E-state index contributed by atoms with van der Waals surface area (Å²) in [6, 6.07) is 8.49. The van der Waals surface area contributed by atoms with Gasteiger partial charge in [-0.25, -0.2) is 0 Å². The smallest absolute Gasteiger partial charge is 0.250 e. The van der Waals surface area contributed by atoms with Gasteiger partial charge in [0.25, 0.3) is 5.91 Å². The molecule has 0 fully saturated rings. The van der Waals surface area contributed by atoms with E-state index in [4.69, 9.17) is 0 Å². The van der Waals surface area contributed by atoms with Crippen molar-refractivity contribution in [3.8, 4) is 0 Å². The Hall–Kier alpha value is -1.35. The number of hydrogen-bond donors (Lipinski definition) is 1. The number of benzene rings is 1. The molecule has 1 atom stereocenters. The molecule has 18 heavy (non-hydrogen) atoms. The lowest BCUT2D eigenvalue weighted by molar-refractivity contribution is -0.137. The second-order valence-electron chi connectivity index (χ2n) is 5.08. The van der Waals surface area contributed by atoms with Gasteiger partial charge in [-0.05, 0) is 30.4 Å². The first-order valence-corrected chi connectivity index (χ1v) is 6.43. The Morgan fingerprint density at radius 2 is 1.78 bits per heavy atom. The molecule has 1 aromatic carbocycles. The minimum Gasteiger partial charge on any atom is -0.384 e. The third-order valence-corrected chi connectivity index (χ3v) is 3.12. The maximum absolute atomic E-state index is 11.5. The second-order valence-corrected chi connectivity index (χ2v) is 5.08. The molecule has 1 aromatic rings. The molecule has 0 aliphatic heterocycles. The van der Waals surface area contributed by atoms with E-state index in [1.54, 1.807) is 11.9 Å². The third-order valence-electron chi connectivity index (χ3n) is 3.12. The molecule has 3 nitrogen and oxygen atoms in total. The van der Waals surface area contributed by atoms with E-state index in [9.17, 15) is 9.90 Å². The highest BCUT2D eigenvalue weighted by Gasteiger charge is 2.13. The van der Waals surface area contributed by atoms with Gasteiger partial charge in [-0.2, -0.15) is 0 Å². The fourth-order valence-corrected chi connectivity index (χ4v) is 1.80. The average molecular weight is 249 g/mol. The van der Waals surface area contributed by atoms with E-state index in [1.165, 1.54) is 18.1 Å². The molecule has 0 bridgehead atoms.